The van der Waals surface area contributed by atoms with Crippen LogP contribution in [0.15, 0.2) is 94.9 Å². The zero-order chi connectivity index (χ0) is 24.3. The van der Waals surface area contributed by atoms with E-state index in [1.54, 1.807) is 6.92 Å². The molecule has 0 bridgehead atoms. The van der Waals surface area contributed by atoms with Gasteiger partial charge in [0, 0.05) is 22.8 Å². The summed E-state index contributed by atoms with van der Waals surface area (Å²) in [5, 5.41) is 18.2. The number of non-ortho nitro benzene ring substituents is 1. The number of rotatable bonds is 7. The smallest absolute Gasteiger partial charge is 0.270 e. The highest BCUT2D eigenvalue weighted by Gasteiger charge is 2.23. The summed E-state index contributed by atoms with van der Waals surface area (Å²) < 4.78 is 28.6. The maximum Gasteiger partial charge on any atom is 0.270 e. The molecule has 10 heteroatoms. The van der Waals surface area contributed by atoms with Crippen LogP contribution in [0, 0.1) is 10.1 Å². The van der Waals surface area contributed by atoms with Crippen LogP contribution in [0.5, 0.6) is 0 Å². The summed E-state index contributed by atoms with van der Waals surface area (Å²) in [6.07, 6.45) is 0. The maximum atomic E-state index is 13.1. The average molecular weight is 495 g/mol. The van der Waals surface area contributed by atoms with Gasteiger partial charge in [-0.1, -0.05) is 48.0 Å². The van der Waals surface area contributed by atoms with Crippen LogP contribution in [0.3, 0.4) is 0 Å². The Kier molecular flexibility index (Phi) is 6.49. The highest BCUT2D eigenvalue weighted by Crippen LogP contribution is 2.29. The van der Waals surface area contributed by atoms with Gasteiger partial charge in [-0.25, -0.2) is 8.42 Å². The molecule has 0 aliphatic heterocycles. The number of benzene rings is 4. The lowest BCUT2D eigenvalue weighted by molar-refractivity contribution is -0.385. The van der Waals surface area contributed by atoms with Gasteiger partial charge in [-0.2, -0.15) is 5.10 Å². The van der Waals surface area contributed by atoms with Gasteiger partial charge in [-0.3, -0.25) is 20.3 Å². The first-order valence-electron chi connectivity index (χ1n) is 10.1. The van der Waals surface area contributed by atoms with E-state index in [2.05, 4.69) is 15.2 Å². The second-order valence-corrected chi connectivity index (χ2v) is 9.51. The van der Waals surface area contributed by atoms with Gasteiger partial charge >= 0.3 is 0 Å². The van der Waals surface area contributed by atoms with Crippen LogP contribution in [0.2, 0.25) is 5.02 Å². The fourth-order valence-electron chi connectivity index (χ4n) is 3.29. The molecule has 0 saturated heterocycles. The first-order chi connectivity index (χ1) is 16.2. The van der Waals surface area contributed by atoms with Crippen molar-refractivity contribution < 1.29 is 13.3 Å². The predicted octanol–water partition coefficient (Wildman–Crippen LogP) is 6.04. The lowest BCUT2D eigenvalue weighted by Crippen LogP contribution is -2.15. The van der Waals surface area contributed by atoms with Crippen molar-refractivity contribution in [1.82, 2.24) is 0 Å². The minimum absolute atomic E-state index is 0.0900. The van der Waals surface area contributed by atoms with Crippen molar-refractivity contribution >= 4 is 55.2 Å². The van der Waals surface area contributed by atoms with Crippen LogP contribution in [-0.4, -0.2) is 19.1 Å². The van der Waals surface area contributed by atoms with Crippen molar-refractivity contribution in [2.24, 2.45) is 5.10 Å². The van der Waals surface area contributed by atoms with Gasteiger partial charge in [0.1, 0.15) is 4.90 Å². The Hall–Kier alpha value is -3.95. The second kappa shape index (κ2) is 9.50. The van der Waals surface area contributed by atoms with Crippen molar-refractivity contribution in [1.29, 1.82) is 0 Å². The molecule has 0 radical (unpaired) electrons. The van der Waals surface area contributed by atoms with Gasteiger partial charge in [0.05, 0.1) is 16.3 Å². The van der Waals surface area contributed by atoms with Crippen LogP contribution in [-0.2, 0) is 10.0 Å². The number of fused-ring (bicyclic) bond motifs is 1. The van der Waals surface area contributed by atoms with Gasteiger partial charge < -0.3 is 0 Å². The standard InChI is InChI=1S/C24H19ClN4O4S/c1-16(18-7-6-17-4-2-3-5-19(17)14-18)26-27-23-13-12-22(29(30)31)15-24(23)34(32,33)28-21-10-8-20(25)9-11-21/h2-15,27-28H,1H3. The van der Waals surface area contributed by atoms with Crippen LogP contribution in [0.4, 0.5) is 17.1 Å². The van der Waals surface area contributed by atoms with Crippen LogP contribution >= 0.6 is 11.6 Å². The van der Waals surface area contributed by atoms with Gasteiger partial charge in [-0.05, 0) is 59.7 Å². The molecule has 0 saturated carbocycles. The summed E-state index contributed by atoms with van der Waals surface area (Å²) in [6, 6.07) is 23.3. The molecule has 0 aliphatic rings. The Morgan fingerprint density at radius 1 is 0.941 bits per heavy atom. The van der Waals surface area contributed by atoms with E-state index in [1.807, 2.05) is 42.5 Å². The summed E-state index contributed by atoms with van der Waals surface area (Å²) in [6.45, 7) is 1.78. The molecule has 0 unspecified atom stereocenters. The quantitative estimate of drug-likeness (QED) is 0.185. The number of nitro groups is 1. The Morgan fingerprint density at radius 3 is 2.35 bits per heavy atom. The van der Waals surface area contributed by atoms with E-state index in [1.165, 1.54) is 36.4 Å². The fourth-order valence-corrected chi connectivity index (χ4v) is 4.65. The molecule has 0 fully saturated rings. The van der Waals surface area contributed by atoms with E-state index in [0.717, 1.165) is 22.4 Å². The summed E-state index contributed by atoms with van der Waals surface area (Å²) in [7, 11) is -4.18. The minimum atomic E-state index is -4.18. The number of halogens is 1. The molecule has 4 aromatic rings. The monoisotopic (exact) mass is 494 g/mol. The van der Waals surface area contributed by atoms with E-state index < -0.39 is 14.9 Å². The summed E-state index contributed by atoms with van der Waals surface area (Å²) in [4.78, 5) is 10.3. The number of anilines is 2. The Balaban J connectivity index is 1.68. The largest absolute Gasteiger partial charge is 0.280 e. The van der Waals surface area contributed by atoms with Gasteiger partial charge in [-0.15, -0.1) is 0 Å². The van der Waals surface area contributed by atoms with Crippen LogP contribution in [0.1, 0.15) is 12.5 Å². The lowest BCUT2D eigenvalue weighted by Gasteiger charge is -2.13. The molecule has 4 rings (SSSR count). The third-order valence-corrected chi connectivity index (χ3v) is 6.75. The van der Waals surface area contributed by atoms with E-state index in [4.69, 9.17) is 11.6 Å². The number of sulfonamides is 1. The summed E-state index contributed by atoms with van der Waals surface area (Å²) in [5.41, 5.74) is 4.19. The third kappa shape index (κ3) is 5.16. The molecule has 4 aromatic carbocycles. The van der Waals surface area contributed by atoms with E-state index in [-0.39, 0.29) is 22.0 Å². The number of nitro benzene ring substituents is 1. The van der Waals surface area contributed by atoms with E-state index in [0.29, 0.717) is 10.7 Å². The number of hydrogen-bond donors (Lipinski definition) is 2. The van der Waals surface area contributed by atoms with Gasteiger partial charge in [0.25, 0.3) is 15.7 Å². The molecule has 172 valence electrons. The Morgan fingerprint density at radius 2 is 1.65 bits per heavy atom. The summed E-state index contributed by atoms with van der Waals surface area (Å²) >= 11 is 5.86. The van der Waals surface area contributed by atoms with Crippen LogP contribution < -0.4 is 10.1 Å². The molecular weight excluding hydrogens is 476 g/mol. The maximum absolute atomic E-state index is 13.1. The van der Waals surface area contributed by atoms with Crippen LogP contribution in [0.25, 0.3) is 10.8 Å². The zero-order valence-corrected chi connectivity index (χ0v) is 19.5. The van der Waals surface area contributed by atoms with Gasteiger partial charge in [0.2, 0.25) is 0 Å². The molecule has 8 nitrogen and oxygen atoms in total. The Labute approximate surface area is 201 Å². The van der Waals surface area contributed by atoms with Crippen molar-refractivity contribution in [2.45, 2.75) is 11.8 Å². The van der Waals surface area contributed by atoms with Gasteiger partial charge in [0.15, 0.2) is 0 Å². The molecule has 0 heterocycles. The molecule has 34 heavy (non-hydrogen) atoms. The topological polar surface area (TPSA) is 114 Å². The number of nitrogens with one attached hydrogen (secondary N) is 2. The van der Waals surface area contributed by atoms with Crippen molar-refractivity contribution in [2.75, 3.05) is 10.1 Å². The molecular formula is C24H19ClN4O4S. The Bertz CT molecular complexity index is 1520. The molecule has 0 aromatic heterocycles. The number of hydrazone groups is 1. The molecule has 2 N–H and O–H groups in total. The number of nitrogens with zero attached hydrogens (tertiary/aromatic N) is 2. The SMILES string of the molecule is CC(=NNc1ccc([N+](=O)[O-])cc1S(=O)(=O)Nc1ccc(Cl)cc1)c1ccc2ccccc2c1. The molecule has 0 spiro atoms. The highest BCUT2D eigenvalue weighted by atomic mass is 35.5. The molecule has 0 amide bonds. The van der Waals surface area contributed by atoms with E-state index in [9.17, 15) is 18.5 Å². The predicted molar refractivity (Wildman–Crippen MR) is 135 cm³/mol. The van der Waals surface area contributed by atoms with Crippen molar-refractivity contribution in [3.63, 3.8) is 0 Å². The first kappa shape index (κ1) is 23.2. The van der Waals surface area contributed by atoms with Crippen molar-refractivity contribution in [3.8, 4) is 0 Å². The number of hydrogen-bond acceptors (Lipinski definition) is 6. The minimum Gasteiger partial charge on any atom is -0.280 e. The lowest BCUT2D eigenvalue weighted by atomic mass is 10.0. The molecule has 0 aliphatic carbocycles. The normalized spacial score (nSPS) is 11.9. The highest BCUT2D eigenvalue weighted by molar-refractivity contribution is 7.92. The third-order valence-electron chi connectivity index (χ3n) is 5.07. The fraction of sp³-hybridized carbons (Fsp3) is 0.0417. The second-order valence-electron chi connectivity index (χ2n) is 7.42. The molecule has 0 atom stereocenters. The van der Waals surface area contributed by atoms with Crippen molar-refractivity contribution in [3.05, 3.63) is 106 Å². The van der Waals surface area contributed by atoms with E-state index >= 15 is 0 Å². The summed E-state index contributed by atoms with van der Waals surface area (Å²) in [5.74, 6) is 0. The zero-order valence-electron chi connectivity index (χ0n) is 17.9. The first-order valence-corrected chi connectivity index (χ1v) is 12.0. The average Bonchev–Trinajstić information content (AvgIpc) is 2.83.